The van der Waals surface area contributed by atoms with Crippen molar-refractivity contribution in [2.75, 3.05) is 6.54 Å². The lowest BCUT2D eigenvalue weighted by Crippen LogP contribution is -2.37. The summed E-state index contributed by atoms with van der Waals surface area (Å²) in [6.07, 6.45) is 3.06. The molecule has 0 bridgehead atoms. The van der Waals surface area contributed by atoms with Gasteiger partial charge in [-0.25, -0.2) is 0 Å². The molecule has 1 heterocycles. The summed E-state index contributed by atoms with van der Waals surface area (Å²) in [5, 5.41) is 2.97. The summed E-state index contributed by atoms with van der Waals surface area (Å²) in [7, 11) is 0. The molecular weight excluding hydrogens is 336 g/mol. The number of hydrogen-bond acceptors (Lipinski definition) is 2. The Bertz CT molecular complexity index is 773. The standard InChI is InChI=1S/C23H28N2O2/c1-18-8-7-11-20(14-18)16-24-22(26)15-21-12-5-6-13-25(23(21)27)17-19-9-3-2-4-10-19/h2-4,7-11,14,21H,5-6,12-13,15-17H2,1H3,(H,24,26). The zero-order valence-corrected chi connectivity index (χ0v) is 16.0. The lowest BCUT2D eigenvalue weighted by Gasteiger charge is -2.24. The topological polar surface area (TPSA) is 49.4 Å². The van der Waals surface area contributed by atoms with Crippen molar-refractivity contribution in [3.8, 4) is 0 Å². The van der Waals surface area contributed by atoms with Gasteiger partial charge in [0.15, 0.2) is 0 Å². The largest absolute Gasteiger partial charge is 0.352 e. The number of amides is 2. The zero-order valence-electron chi connectivity index (χ0n) is 16.0. The van der Waals surface area contributed by atoms with Crippen LogP contribution in [0.5, 0.6) is 0 Å². The van der Waals surface area contributed by atoms with Gasteiger partial charge in [0, 0.05) is 32.0 Å². The van der Waals surface area contributed by atoms with Gasteiger partial charge >= 0.3 is 0 Å². The van der Waals surface area contributed by atoms with E-state index < -0.39 is 0 Å². The van der Waals surface area contributed by atoms with Crippen LogP contribution in [-0.4, -0.2) is 23.3 Å². The Morgan fingerprint density at radius 2 is 1.85 bits per heavy atom. The van der Waals surface area contributed by atoms with Crippen molar-refractivity contribution in [3.05, 3.63) is 71.3 Å². The van der Waals surface area contributed by atoms with Crippen molar-refractivity contribution >= 4 is 11.8 Å². The fraction of sp³-hybridized carbons (Fsp3) is 0.391. The highest BCUT2D eigenvalue weighted by atomic mass is 16.2. The minimum Gasteiger partial charge on any atom is -0.352 e. The molecule has 2 aromatic rings. The zero-order chi connectivity index (χ0) is 19.1. The Morgan fingerprint density at radius 3 is 2.63 bits per heavy atom. The maximum Gasteiger partial charge on any atom is 0.226 e. The van der Waals surface area contributed by atoms with Crippen LogP contribution in [0.15, 0.2) is 54.6 Å². The van der Waals surface area contributed by atoms with E-state index in [1.54, 1.807) is 0 Å². The minimum absolute atomic E-state index is 0.0450. The summed E-state index contributed by atoms with van der Waals surface area (Å²) in [6.45, 7) is 3.95. The average Bonchev–Trinajstić information content (AvgIpc) is 2.83. The molecule has 2 aromatic carbocycles. The smallest absolute Gasteiger partial charge is 0.226 e. The van der Waals surface area contributed by atoms with E-state index in [-0.39, 0.29) is 24.2 Å². The van der Waals surface area contributed by atoms with Crippen LogP contribution in [0.2, 0.25) is 0 Å². The molecule has 27 heavy (non-hydrogen) atoms. The normalized spacial score (nSPS) is 17.4. The van der Waals surface area contributed by atoms with Gasteiger partial charge in [-0.05, 0) is 30.9 Å². The summed E-state index contributed by atoms with van der Waals surface area (Å²) in [5.74, 6) is -0.146. The van der Waals surface area contributed by atoms with Crippen LogP contribution in [0.3, 0.4) is 0 Å². The maximum absolute atomic E-state index is 13.0. The number of hydrogen-bond donors (Lipinski definition) is 1. The van der Waals surface area contributed by atoms with Gasteiger partial charge in [0.25, 0.3) is 0 Å². The van der Waals surface area contributed by atoms with Crippen LogP contribution in [0.4, 0.5) is 0 Å². The van der Waals surface area contributed by atoms with Gasteiger partial charge in [0.05, 0.1) is 0 Å². The highest BCUT2D eigenvalue weighted by molar-refractivity contribution is 5.86. The Balaban J connectivity index is 1.56. The maximum atomic E-state index is 13.0. The minimum atomic E-state index is -0.214. The molecule has 1 aliphatic heterocycles. The summed E-state index contributed by atoms with van der Waals surface area (Å²) in [4.78, 5) is 27.3. The van der Waals surface area contributed by atoms with Crippen molar-refractivity contribution in [3.63, 3.8) is 0 Å². The first-order valence-corrected chi connectivity index (χ1v) is 9.77. The van der Waals surface area contributed by atoms with Crippen LogP contribution >= 0.6 is 0 Å². The van der Waals surface area contributed by atoms with Gasteiger partial charge in [-0.2, -0.15) is 0 Å². The molecule has 3 rings (SSSR count). The van der Waals surface area contributed by atoms with Gasteiger partial charge in [0.2, 0.25) is 11.8 Å². The second-order valence-electron chi connectivity index (χ2n) is 7.41. The van der Waals surface area contributed by atoms with E-state index in [1.165, 1.54) is 5.56 Å². The number of carbonyl (C=O) groups excluding carboxylic acids is 2. The monoisotopic (exact) mass is 364 g/mol. The highest BCUT2D eigenvalue weighted by Crippen LogP contribution is 2.22. The van der Waals surface area contributed by atoms with Gasteiger partial charge in [-0.1, -0.05) is 66.6 Å². The molecule has 1 aliphatic rings. The van der Waals surface area contributed by atoms with E-state index in [4.69, 9.17) is 0 Å². The van der Waals surface area contributed by atoms with Crippen LogP contribution in [0.25, 0.3) is 0 Å². The molecule has 1 atom stereocenters. The fourth-order valence-corrected chi connectivity index (χ4v) is 3.65. The van der Waals surface area contributed by atoms with Crippen LogP contribution in [-0.2, 0) is 22.7 Å². The van der Waals surface area contributed by atoms with Gasteiger partial charge in [-0.3, -0.25) is 9.59 Å². The van der Waals surface area contributed by atoms with Crippen molar-refractivity contribution in [2.45, 2.75) is 45.7 Å². The first-order valence-electron chi connectivity index (χ1n) is 9.77. The van der Waals surface area contributed by atoms with E-state index in [1.807, 2.05) is 60.4 Å². The number of carbonyl (C=O) groups is 2. The quantitative estimate of drug-likeness (QED) is 0.847. The number of likely N-dealkylation sites (tertiary alicyclic amines) is 1. The molecule has 0 aliphatic carbocycles. The van der Waals surface area contributed by atoms with Crippen LogP contribution < -0.4 is 5.32 Å². The third-order valence-electron chi connectivity index (χ3n) is 5.11. The SMILES string of the molecule is Cc1cccc(CNC(=O)CC2CCCCN(Cc3ccccc3)C2=O)c1. The third-order valence-corrected chi connectivity index (χ3v) is 5.11. The van der Waals surface area contributed by atoms with E-state index in [0.29, 0.717) is 13.1 Å². The van der Waals surface area contributed by atoms with Crippen LogP contribution in [0, 0.1) is 12.8 Å². The van der Waals surface area contributed by atoms with Gasteiger partial charge in [0.1, 0.15) is 0 Å². The number of rotatable bonds is 6. The van der Waals surface area contributed by atoms with Gasteiger partial charge in [-0.15, -0.1) is 0 Å². The Kier molecular flexibility index (Phi) is 6.64. The second kappa shape index (κ2) is 9.36. The van der Waals surface area contributed by atoms with E-state index in [0.717, 1.165) is 36.9 Å². The van der Waals surface area contributed by atoms with Crippen molar-refractivity contribution in [1.82, 2.24) is 10.2 Å². The first-order chi connectivity index (χ1) is 13.1. The Morgan fingerprint density at radius 1 is 1.07 bits per heavy atom. The highest BCUT2D eigenvalue weighted by Gasteiger charge is 2.28. The predicted octanol–water partition coefficient (Wildman–Crippen LogP) is 3.83. The molecule has 0 aromatic heterocycles. The van der Waals surface area contributed by atoms with Crippen LogP contribution in [0.1, 0.15) is 42.4 Å². The number of nitrogens with zero attached hydrogens (tertiary/aromatic N) is 1. The Hall–Kier alpha value is -2.62. The fourth-order valence-electron chi connectivity index (χ4n) is 3.65. The number of nitrogens with one attached hydrogen (secondary N) is 1. The molecule has 142 valence electrons. The summed E-state index contributed by atoms with van der Waals surface area (Å²) in [6, 6.07) is 18.2. The third kappa shape index (κ3) is 5.68. The van der Waals surface area contributed by atoms with E-state index >= 15 is 0 Å². The number of benzene rings is 2. The molecular formula is C23H28N2O2. The molecule has 4 nitrogen and oxygen atoms in total. The second-order valence-corrected chi connectivity index (χ2v) is 7.41. The average molecular weight is 364 g/mol. The van der Waals surface area contributed by atoms with Gasteiger partial charge < -0.3 is 10.2 Å². The molecule has 1 unspecified atom stereocenters. The summed E-state index contributed by atoms with van der Waals surface area (Å²) in [5.41, 5.74) is 3.40. The molecule has 0 spiro atoms. The molecule has 1 N–H and O–H groups in total. The van der Waals surface area contributed by atoms with Crippen molar-refractivity contribution in [1.29, 1.82) is 0 Å². The molecule has 2 amide bonds. The van der Waals surface area contributed by atoms with Crippen molar-refractivity contribution in [2.24, 2.45) is 5.92 Å². The molecule has 0 saturated carbocycles. The summed E-state index contributed by atoms with van der Waals surface area (Å²) >= 11 is 0. The molecule has 4 heteroatoms. The lowest BCUT2D eigenvalue weighted by molar-refractivity contribution is -0.138. The van der Waals surface area contributed by atoms with Crippen molar-refractivity contribution < 1.29 is 9.59 Å². The lowest BCUT2D eigenvalue weighted by atomic mass is 9.98. The van der Waals surface area contributed by atoms with E-state index in [2.05, 4.69) is 11.4 Å². The number of aryl methyl sites for hydroxylation is 1. The van der Waals surface area contributed by atoms with E-state index in [9.17, 15) is 9.59 Å². The first kappa shape index (κ1) is 19.2. The predicted molar refractivity (Wildman–Crippen MR) is 107 cm³/mol. The Labute approximate surface area is 161 Å². The molecule has 1 saturated heterocycles. The summed E-state index contributed by atoms with van der Waals surface area (Å²) < 4.78 is 0. The molecule has 1 fully saturated rings. The molecule has 0 radical (unpaired) electrons.